The predicted octanol–water partition coefficient (Wildman–Crippen LogP) is 13.1. The Balaban J connectivity index is 1.46. The second kappa shape index (κ2) is 13.0. The van der Waals surface area contributed by atoms with Gasteiger partial charge in [-0.05, 0) is 143 Å². The maximum absolute atomic E-state index is 2.42. The van der Waals surface area contributed by atoms with Crippen molar-refractivity contribution in [2.45, 2.75) is 27.7 Å². The average Bonchev–Trinajstić information content (AvgIpc) is 3.12. The molecule has 0 aromatic heterocycles. The van der Waals surface area contributed by atoms with Crippen LogP contribution >= 0.6 is 0 Å². The Kier molecular flexibility index (Phi) is 8.29. The minimum absolute atomic E-state index is 1.15. The van der Waals surface area contributed by atoms with Crippen LogP contribution in [-0.2, 0) is 0 Å². The predicted molar refractivity (Wildman–Crippen MR) is 202 cm³/mol. The third kappa shape index (κ3) is 6.26. The Morgan fingerprint density at radius 2 is 0.723 bits per heavy atom. The van der Waals surface area contributed by atoms with Crippen LogP contribution in [0.2, 0.25) is 0 Å². The Hall–Kier alpha value is -5.66. The molecule has 47 heavy (non-hydrogen) atoms. The summed E-state index contributed by atoms with van der Waals surface area (Å²) in [5, 5.41) is 0. The SMILES string of the molecule is Cc1ccc(N(c2ccc(C)c(C)c2)c2ccc(-c3cc(-c4ccccc4)cc(-c4ccccc4)c3)cc2-c2ccccc2)cc1C. The molecule has 0 amide bonds. The van der Waals surface area contributed by atoms with Crippen molar-refractivity contribution in [1.29, 1.82) is 0 Å². The van der Waals surface area contributed by atoms with Gasteiger partial charge in [0.1, 0.15) is 0 Å². The molecule has 0 heterocycles. The van der Waals surface area contributed by atoms with E-state index >= 15 is 0 Å². The van der Waals surface area contributed by atoms with Gasteiger partial charge < -0.3 is 4.90 Å². The molecular formula is C46H39N. The van der Waals surface area contributed by atoms with Gasteiger partial charge in [-0.3, -0.25) is 0 Å². The van der Waals surface area contributed by atoms with Gasteiger partial charge in [-0.1, -0.05) is 109 Å². The lowest BCUT2D eigenvalue weighted by atomic mass is 9.91. The van der Waals surface area contributed by atoms with Crippen LogP contribution in [0.25, 0.3) is 44.5 Å². The van der Waals surface area contributed by atoms with Crippen molar-refractivity contribution in [2.75, 3.05) is 4.90 Å². The van der Waals surface area contributed by atoms with Crippen molar-refractivity contribution in [3.63, 3.8) is 0 Å². The minimum Gasteiger partial charge on any atom is -0.310 e. The van der Waals surface area contributed by atoms with Crippen LogP contribution in [-0.4, -0.2) is 0 Å². The molecule has 0 N–H and O–H groups in total. The van der Waals surface area contributed by atoms with Gasteiger partial charge in [-0.2, -0.15) is 0 Å². The monoisotopic (exact) mass is 605 g/mol. The van der Waals surface area contributed by atoms with Crippen LogP contribution in [0, 0.1) is 27.7 Å². The highest BCUT2D eigenvalue weighted by Gasteiger charge is 2.20. The maximum Gasteiger partial charge on any atom is 0.0540 e. The lowest BCUT2D eigenvalue weighted by molar-refractivity contribution is 1.23. The quantitative estimate of drug-likeness (QED) is 0.175. The summed E-state index contributed by atoms with van der Waals surface area (Å²) in [5.41, 5.74) is 18.2. The highest BCUT2D eigenvalue weighted by atomic mass is 15.1. The van der Waals surface area contributed by atoms with Crippen LogP contribution in [0.1, 0.15) is 22.3 Å². The maximum atomic E-state index is 2.42. The number of aryl methyl sites for hydroxylation is 4. The molecule has 228 valence electrons. The molecule has 0 saturated carbocycles. The smallest absolute Gasteiger partial charge is 0.0540 e. The van der Waals surface area contributed by atoms with Gasteiger partial charge in [0.25, 0.3) is 0 Å². The van der Waals surface area contributed by atoms with Crippen LogP contribution in [0.15, 0.2) is 164 Å². The first-order valence-corrected chi connectivity index (χ1v) is 16.3. The first-order valence-electron chi connectivity index (χ1n) is 16.3. The van der Waals surface area contributed by atoms with Crippen molar-refractivity contribution in [3.8, 4) is 44.5 Å². The topological polar surface area (TPSA) is 3.24 Å². The summed E-state index contributed by atoms with van der Waals surface area (Å²) < 4.78 is 0. The number of hydrogen-bond acceptors (Lipinski definition) is 1. The molecule has 0 bridgehead atoms. The van der Waals surface area contributed by atoms with E-state index in [1.807, 2.05) is 0 Å². The zero-order valence-corrected chi connectivity index (χ0v) is 27.5. The summed E-state index contributed by atoms with van der Waals surface area (Å²) in [5.74, 6) is 0. The van der Waals surface area contributed by atoms with Gasteiger partial charge in [0, 0.05) is 16.9 Å². The van der Waals surface area contributed by atoms with Crippen LogP contribution in [0.3, 0.4) is 0 Å². The summed E-state index contributed by atoms with van der Waals surface area (Å²) in [6, 6.07) is 59.7. The van der Waals surface area contributed by atoms with E-state index in [4.69, 9.17) is 0 Å². The molecule has 0 fully saturated rings. The van der Waals surface area contributed by atoms with Gasteiger partial charge in [0.05, 0.1) is 5.69 Å². The highest BCUT2D eigenvalue weighted by Crippen LogP contribution is 2.44. The zero-order chi connectivity index (χ0) is 32.3. The molecule has 0 aliphatic rings. The molecule has 7 aromatic carbocycles. The number of nitrogens with zero attached hydrogens (tertiary/aromatic N) is 1. The van der Waals surface area contributed by atoms with Gasteiger partial charge in [-0.25, -0.2) is 0 Å². The molecule has 7 aromatic rings. The molecule has 1 heteroatoms. The summed E-state index contributed by atoms with van der Waals surface area (Å²) in [4.78, 5) is 2.42. The standard InChI is InChI=1S/C46H39N/c1-32-20-23-43(26-34(32)3)47(44-24-21-33(2)35(4)27-44)46-25-22-39(31-45(46)38-18-12-7-13-19-38)42-29-40(36-14-8-5-9-15-36)28-41(30-42)37-16-10-6-11-17-37/h5-31H,1-4H3. The molecule has 0 radical (unpaired) electrons. The van der Waals surface area contributed by atoms with E-state index in [0.29, 0.717) is 0 Å². The third-order valence-corrected chi connectivity index (χ3v) is 9.30. The van der Waals surface area contributed by atoms with Crippen molar-refractivity contribution in [3.05, 3.63) is 186 Å². The largest absolute Gasteiger partial charge is 0.310 e. The van der Waals surface area contributed by atoms with E-state index in [2.05, 4.69) is 196 Å². The van der Waals surface area contributed by atoms with E-state index in [1.54, 1.807) is 0 Å². The van der Waals surface area contributed by atoms with E-state index in [0.717, 1.165) is 17.1 Å². The third-order valence-electron chi connectivity index (χ3n) is 9.30. The summed E-state index contributed by atoms with van der Waals surface area (Å²) >= 11 is 0. The Morgan fingerprint density at radius 1 is 0.298 bits per heavy atom. The molecule has 0 aliphatic heterocycles. The molecular weight excluding hydrogens is 567 g/mol. The van der Waals surface area contributed by atoms with Crippen molar-refractivity contribution in [1.82, 2.24) is 0 Å². The van der Waals surface area contributed by atoms with Crippen LogP contribution in [0.5, 0.6) is 0 Å². The molecule has 0 atom stereocenters. The van der Waals surface area contributed by atoms with E-state index in [1.165, 1.54) is 66.8 Å². The van der Waals surface area contributed by atoms with Gasteiger partial charge >= 0.3 is 0 Å². The first-order chi connectivity index (χ1) is 22.9. The summed E-state index contributed by atoms with van der Waals surface area (Å²) in [6.45, 7) is 8.75. The fourth-order valence-corrected chi connectivity index (χ4v) is 6.30. The fraction of sp³-hybridized carbons (Fsp3) is 0.0870. The summed E-state index contributed by atoms with van der Waals surface area (Å²) in [6.07, 6.45) is 0. The molecule has 0 aliphatic carbocycles. The highest BCUT2D eigenvalue weighted by molar-refractivity contribution is 5.92. The van der Waals surface area contributed by atoms with Crippen molar-refractivity contribution < 1.29 is 0 Å². The van der Waals surface area contributed by atoms with E-state index < -0.39 is 0 Å². The number of hydrogen-bond donors (Lipinski definition) is 0. The lowest BCUT2D eigenvalue weighted by Gasteiger charge is -2.29. The second-order valence-electron chi connectivity index (χ2n) is 12.5. The summed E-state index contributed by atoms with van der Waals surface area (Å²) in [7, 11) is 0. The Morgan fingerprint density at radius 3 is 1.17 bits per heavy atom. The molecule has 0 saturated heterocycles. The number of anilines is 3. The number of benzene rings is 7. The normalized spacial score (nSPS) is 11.0. The van der Waals surface area contributed by atoms with Gasteiger partial charge in [0.15, 0.2) is 0 Å². The van der Waals surface area contributed by atoms with E-state index in [-0.39, 0.29) is 0 Å². The molecule has 7 rings (SSSR count). The lowest BCUT2D eigenvalue weighted by Crippen LogP contribution is -2.12. The Bertz CT molecular complexity index is 2050. The molecule has 0 spiro atoms. The van der Waals surface area contributed by atoms with Crippen molar-refractivity contribution in [2.24, 2.45) is 0 Å². The average molecular weight is 606 g/mol. The Labute approximate surface area is 279 Å². The van der Waals surface area contributed by atoms with Crippen molar-refractivity contribution >= 4 is 17.1 Å². The van der Waals surface area contributed by atoms with Gasteiger partial charge in [-0.15, -0.1) is 0 Å². The molecule has 1 nitrogen and oxygen atoms in total. The molecule has 0 unspecified atom stereocenters. The second-order valence-corrected chi connectivity index (χ2v) is 12.5. The van der Waals surface area contributed by atoms with Gasteiger partial charge in [0.2, 0.25) is 0 Å². The number of rotatable bonds is 7. The first kappa shape index (κ1) is 30.0. The van der Waals surface area contributed by atoms with Crippen LogP contribution in [0.4, 0.5) is 17.1 Å². The zero-order valence-electron chi connectivity index (χ0n) is 27.5. The minimum atomic E-state index is 1.15. The fourth-order valence-electron chi connectivity index (χ4n) is 6.30. The van der Waals surface area contributed by atoms with E-state index in [9.17, 15) is 0 Å². The van der Waals surface area contributed by atoms with Crippen LogP contribution < -0.4 is 4.90 Å².